The zero-order valence-corrected chi connectivity index (χ0v) is 15.0. The maximum absolute atomic E-state index is 12.1. The number of carbonyl (C=O) groups is 1. The molecule has 1 fully saturated rings. The van der Waals surface area contributed by atoms with Crippen LogP contribution < -0.4 is 10.9 Å². The molecule has 27 heavy (non-hydrogen) atoms. The monoisotopic (exact) mass is 364 g/mol. The molecule has 8 heteroatoms. The summed E-state index contributed by atoms with van der Waals surface area (Å²) in [5.41, 5.74) is 3.28. The second-order valence-corrected chi connectivity index (χ2v) is 6.79. The molecule has 1 aliphatic rings. The zero-order chi connectivity index (χ0) is 18.8. The van der Waals surface area contributed by atoms with Crippen LogP contribution in [0, 0.1) is 0 Å². The number of rotatable bonds is 6. The summed E-state index contributed by atoms with van der Waals surface area (Å²) in [6, 6.07) is 5.34. The minimum atomic E-state index is -0.241. The summed E-state index contributed by atoms with van der Waals surface area (Å²) in [4.78, 5) is 32.9. The molecule has 0 aliphatic heterocycles. The van der Waals surface area contributed by atoms with E-state index in [1.165, 1.54) is 17.0 Å². The van der Waals surface area contributed by atoms with Gasteiger partial charge >= 0.3 is 0 Å². The van der Waals surface area contributed by atoms with E-state index in [9.17, 15) is 9.59 Å². The second-order valence-electron chi connectivity index (χ2n) is 6.79. The lowest BCUT2D eigenvalue weighted by atomic mass is 10.2. The molecular formula is C19H20N6O2. The Labute approximate surface area is 155 Å². The van der Waals surface area contributed by atoms with Crippen LogP contribution in [0.25, 0.3) is 11.3 Å². The lowest BCUT2D eigenvalue weighted by Crippen LogP contribution is -2.32. The lowest BCUT2D eigenvalue weighted by Gasteiger charge is -2.08. The van der Waals surface area contributed by atoms with Gasteiger partial charge in [-0.05, 0) is 24.5 Å². The third-order valence-corrected chi connectivity index (χ3v) is 4.53. The van der Waals surface area contributed by atoms with E-state index in [1.807, 2.05) is 25.4 Å². The molecule has 138 valence electrons. The van der Waals surface area contributed by atoms with Crippen LogP contribution in [0.15, 0.2) is 47.9 Å². The molecule has 3 aromatic heterocycles. The molecule has 1 N–H and O–H groups in total. The Morgan fingerprint density at radius 1 is 1.26 bits per heavy atom. The third-order valence-electron chi connectivity index (χ3n) is 4.53. The van der Waals surface area contributed by atoms with Crippen molar-refractivity contribution in [1.82, 2.24) is 29.6 Å². The topological polar surface area (TPSA) is 94.7 Å². The maximum Gasteiger partial charge on any atom is 0.254 e. The molecule has 0 saturated heterocycles. The Kier molecular flexibility index (Phi) is 4.53. The van der Waals surface area contributed by atoms with Crippen molar-refractivity contribution in [2.24, 2.45) is 7.05 Å². The van der Waals surface area contributed by atoms with Crippen LogP contribution in [0.4, 0.5) is 0 Å². The Morgan fingerprint density at radius 2 is 2.11 bits per heavy atom. The second kappa shape index (κ2) is 7.14. The molecule has 3 heterocycles. The van der Waals surface area contributed by atoms with Crippen molar-refractivity contribution in [3.8, 4) is 11.3 Å². The lowest BCUT2D eigenvalue weighted by molar-refractivity contribution is -0.121. The highest BCUT2D eigenvalue weighted by Gasteiger charge is 2.25. The summed E-state index contributed by atoms with van der Waals surface area (Å²) in [7, 11) is 1.85. The number of hydrogen-bond donors (Lipinski definition) is 1. The van der Waals surface area contributed by atoms with Gasteiger partial charge in [0, 0.05) is 43.5 Å². The highest BCUT2D eigenvalue weighted by atomic mass is 16.2. The summed E-state index contributed by atoms with van der Waals surface area (Å²) in [5.74, 6) is 0.178. The molecule has 1 amide bonds. The third kappa shape index (κ3) is 4.11. The van der Waals surface area contributed by atoms with Gasteiger partial charge in [0.2, 0.25) is 5.91 Å². The predicted octanol–water partition coefficient (Wildman–Crippen LogP) is 1.23. The Balaban J connectivity index is 1.33. The van der Waals surface area contributed by atoms with Crippen molar-refractivity contribution in [3.05, 3.63) is 64.7 Å². The van der Waals surface area contributed by atoms with Crippen LogP contribution in [0.3, 0.4) is 0 Å². The van der Waals surface area contributed by atoms with Gasteiger partial charge in [-0.1, -0.05) is 6.07 Å². The van der Waals surface area contributed by atoms with Gasteiger partial charge in [0.1, 0.15) is 6.54 Å². The molecule has 0 atom stereocenters. The van der Waals surface area contributed by atoms with Crippen molar-refractivity contribution < 1.29 is 4.79 Å². The number of aromatic nitrogens is 5. The van der Waals surface area contributed by atoms with Gasteiger partial charge in [-0.3, -0.25) is 23.8 Å². The van der Waals surface area contributed by atoms with Gasteiger partial charge in [-0.25, -0.2) is 4.98 Å². The fourth-order valence-corrected chi connectivity index (χ4v) is 2.83. The standard InChI is InChI=1S/C19H20N6O2/c1-24-10-15(9-23-24)16-5-2-13(7-20-16)8-21-18(26)11-25-12-22-17(6-19(25)27)14-3-4-14/h2,5-7,9-10,12,14H,3-4,8,11H2,1H3,(H,21,26). The SMILES string of the molecule is Cn1cc(-c2ccc(CNC(=O)Cn3cnc(C4CC4)cc3=O)cn2)cn1. The minimum Gasteiger partial charge on any atom is -0.350 e. The van der Waals surface area contributed by atoms with E-state index in [-0.39, 0.29) is 18.0 Å². The van der Waals surface area contributed by atoms with Crippen LogP contribution in [-0.4, -0.2) is 30.2 Å². The van der Waals surface area contributed by atoms with Gasteiger partial charge in [0.15, 0.2) is 0 Å². The van der Waals surface area contributed by atoms with E-state index in [2.05, 4.69) is 20.4 Å². The summed E-state index contributed by atoms with van der Waals surface area (Å²) in [5, 5.41) is 6.93. The Bertz CT molecular complexity index is 1020. The average molecular weight is 364 g/mol. The predicted molar refractivity (Wildman–Crippen MR) is 98.8 cm³/mol. The molecule has 3 aromatic rings. The molecule has 8 nitrogen and oxygen atoms in total. The van der Waals surface area contributed by atoms with Gasteiger partial charge in [0.25, 0.3) is 5.56 Å². The summed E-state index contributed by atoms with van der Waals surface area (Å²) in [6.45, 7) is 0.305. The molecule has 4 rings (SSSR count). The number of carbonyl (C=O) groups excluding carboxylic acids is 1. The van der Waals surface area contributed by atoms with Crippen LogP contribution >= 0.6 is 0 Å². The number of nitrogens with zero attached hydrogens (tertiary/aromatic N) is 5. The summed E-state index contributed by atoms with van der Waals surface area (Å²) in [6.07, 6.45) is 9.00. The van der Waals surface area contributed by atoms with Crippen molar-refractivity contribution >= 4 is 5.91 Å². The molecule has 0 spiro atoms. The first kappa shape index (κ1) is 17.1. The molecule has 0 aromatic carbocycles. The Hall–Kier alpha value is -3.29. The normalized spacial score (nSPS) is 13.5. The molecular weight excluding hydrogens is 344 g/mol. The summed E-state index contributed by atoms with van der Waals surface area (Å²) >= 11 is 0. The maximum atomic E-state index is 12.1. The van der Waals surface area contributed by atoms with Crippen molar-refractivity contribution in [3.63, 3.8) is 0 Å². The van der Waals surface area contributed by atoms with Crippen molar-refractivity contribution in [2.75, 3.05) is 0 Å². The number of aryl methyl sites for hydroxylation is 1. The fourth-order valence-electron chi connectivity index (χ4n) is 2.83. The van der Waals surface area contributed by atoms with Crippen LogP contribution in [0.5, 0.6) is 0 Å². The van der Waals surface area contributed by atoms with Crippen LogP contribution in [-0.2, 0) is 24.9 Å². The first-order valence-electron chi connectivity index (χ1n) is 8.85. The van der Waals surface area contributed by atoms with Crippen molar-refractivity contribution in [1.29, 1.82) is 0 Å². The number of nitrogens with one attached hydrogen (secondary N) is 1. The molecule has 0 bridgehead atoms. The molecule has 1 saturated carbocycles. The van der Waals surface area contributed by atoms with Crippen LogP contribution in [0.2, 0.25) is 0 Å². The smallest absolute Gasteiger partial charge is 0.254 e. The zero-order valence-electron chi connectivity index (χ0n) is 15.0. The Morgan fingerprint density at radius 3 is 2.74 bits per heavy atom. The average Bonchev–Trinajstić information content (AvgIpc) is 3.43. The van der Waals surface area contributed by atoms with E-state index >= 15 is 0 Å². The molecule has 0 radical (unpaired) electrons. The van der Waals surface area contributed by atoms with Gasteiger partial charge < -0.3 is 5.32 Å². The van der Waals surface area contributed by atoms with Gasteiger partial charge in [-0.15, -0.1) is 0 Å². The molecule has 0 unspecified atom stereocenters. The minimum absolute atomic E-state index is 0.0437. The number of hydrogen-bond acceptors (Lipinski definition) is 5. The quantitative estimate of drug-likeness (QED) is 0.710. The van der Waals surface area contributed by atoms with E-state index in [0.29, 0.717) is 12.5 Å². The largest absolute Gasteiger partial charge is 0.350 e. The first-order chi connectivity index (χ1) is 13.1. The highest BCUT2D eigenvalue weighted by molar-refractivity contribution is 5.75. The number of amides is 1. The van der Waals surface area contributed by atoms with E-state index in [0.717, 1.165) is 35.4 Å². The fraction of sp³-hybridized carbons (Fsp3) is 0.316. The number of pyridine rings is 1. The van der Waals surface area contributed by atoms with Gasteiger partial charge in [0.05, 0.1) is 23.9 Å². The van der Waals surface area contributed by atoms with E-state index < -0.39 is 0 Å². The highest BCUT2D eigenvalue weighted by Crippen LogP contribution is 2.38. The molecule has 1 aliphatic carbocycles. The van der Waals surface area contributed by atoms with Gasteiger partial charge in [-0.2, -0.15) is 5.10 Å². The summed E-state index contributed by atoms with van der Waals surface area (Å²) < 4.78 is 3.05. The van der Waals surface area contributed by atoms with E-state index in [4.69, 9.17) is 0 Å². The van der Waals surface area contributed by atoms with Crippen molar-refractivity contribution in [2.45, 2.75) is 31.8 Å². The van der Waals surface area contributed by atoms with E-state index in [1.54, 1.807) is 17.1 Å². The first-order valence-corrected chi connectivity index (χ1v) is 8.85. The van der Waals surface area contributed by atoms with Crippen LogP contribution in [0.1, 0.15) is 30.0 Å².